The fourth-order valence-corrected chi connectivity index (χ4v) is 2.93. The summed E-state index contributed by atoms with van der Waals surface area (Å²) in [6, 6.07) is 0.305. The second-order valence-electron chi connectivity index (χ2n) is 4.64. The highest BCUT2D eigenvalue weighted by Crippen LogP contribution is 2.39. The first-order chi connectivity index (χ1) is 6.77. The van der Waals surface area contributed by atoms with Crippen molar-refractivity contribution < 1.29 is 9.47 Å². The third-order valence-electron chi connectivity index (χ3n) is 3.67. The van der Waals surface area contributed by atoms with Gasteiger partial charge in [-0.15, -0.1) is 0 Å². The van der Waals surface area contributed by atoms with Gasteiger partial charge in [0.2, 0.25) is 0 Å². The molecule has 82 valence electrons. The summed E-state index contributed by atoms with van der Waals surface area (Å²) in [6.45, 7) is 0.807. The van der Waals surface area contributed by atoms with Crippen LogP contribution in [0, 0.1) is 0 Å². The summed E-state index contributed by atoms with van der Waals surface area (Å²) in [6.07, 6.45) is 7.01. The number of ether oxygens (including phenoxy) is 2. The van der Waals surface area contributed by atoms with E-state index in [0.717, 1.165) is 32.3 Å². The highest BCUT2D eigenvalue weighted by Gasteiger charge is 2.45. The second-order valence-corrected chi connectivity index (χ2v) is 4.64. The molecular formula is C11H21NO2. The number of rotatable bonds is 1. The molecule has 1 saturated heterocycles. The van der Waals surface area contributed by atoms with Crippen molar-refractivity contribution in [3.8, 4) is 0 Å². The Labute approximate surface area is 85.9 Å². The molecule has 0 aromatic rings. The van der Waals surface area contributed by atoms with Crippen LogP contribution in [0.5, 0.6) is 0 Å². The number of nitrogens with two attached hydrogens (primary N) is 1. The van der Waals surface area contributed by atoms with Gasteiger partial charge in [-0.05, 0) is 25.7 Å². The van der Waals surface area contributed by atoms with E-state index in [1.807, 2.05) is 0 Å². The predicted octanol–water partition coefficient (Wildman–Crippen LogP) is 1.45. The van der Waals surface area contributed by atoms with Crippen LogP contribution in [-0.2, 0) is 9.47 Å². The monoisotopic (exact) mass is 199 g/mol. The van der Waals surface area contributed by atoms with Crippen molar-refractivity contribution in [1.82, 2.24) is 0 Å². The van der Waals surface area contributed by atoms with Gasteiger partial charge in [0.05, 0.1) is 11.7 Å². The van der Waals surface area contributed by atoms with Crippen molar-refractivity contribution in [2.24, 2.45) is 5.73 Å². The van der Waals surface area contributed by atoms with Gasteiger partial charge in [0.1, 0.15) is 0 Å². The standard InChI is InChI=1S/C11H21NO2/c1-13-10-4-2-3-6-11(10)8-9(12)5-7-14-11/h9-10H,2-8,12H2,1H3. The van der Waals surface area contributed by atoms with Gasteiger partial charge in [0, 0.05) is 19.8 Å². The number of hydrogen-bond acceptors (Lipinski definition) is 3. The molecule has 3 nitrogen and oxygen atoms in total. The zero-order chi connectivity index (χ0) is 10.0. The maximum absolute atomic E-state index is 6.02. The Bertz CT molecular complexity index is 194. The molecule has 0 amide bonds. The molecule has 2 fully saturated rings. The van der Waals surface area contributed by atoms with Crippen LogP contribution in [0.15, 0.2) is 0 Å². The van der Waals surface area contributed by atoms with Crippen molar-refractivity contribution in [2.45, 2.75) is 56.3 Å². The van der Waals surface area contributed by atoms with Crippen molar-refractivity contribution in [1.29, 1.82) is 0 Å². The lowest BCUT2D eigenvalue weighted by atomic mass is 9.76. The van der Waals surface area contributed by atoms with Gasteiger partial charge in [-0.3, -0.25) is 0 Å². The molecule has 2 rings (SSSR count). The van der Waals surface area contributed by atoms with Gasteiger partial charge in [0.15, 0.2) is 0 Å². The van der Waals surface area contributed by atoms with Gasteiger partial charge in [-0.25, -0.2) is 0 Å². The smallest absolute Gasteiger partial charge is 0.0957 e. The van der Waals surface area contributed by atoms with Crippen LogP contribution < -0.4 is 5.73 Å². The molecule has 0 aromatic carbocycles. The lowest BCUT2D eigenvalue weighted by Gasteiger charge is -2.47. The number of hydrogen-bond donors (Lipinski definition) is 1. The molecule has 0 radical (unpaired) electrons. The molecular weight excluding hydrogens is 178 g/mol. The van der Waals surface area contributed by atoms with Crippen LogP contribution >= 0.6 is 0 Å². The van der Waals surface area contributed by atoms with E-state index in [0.29, 0.717) is 6.04 Å². The summed E-state index contributed by atoms with van der Waals surface area (Å²) in [4.78, 5) is 0. The topological polar surface area (TPSA) is 44.5 Å². The highest BCUT2D eigenvalue weighted by atomic mass is 16.5. The van der Waals surface area contributed by atoms with Crippen LogP contribution in [0.4, 0.5) is 0 Å². The fraction of sp³-hybridized carbons (Fsp3) is 1.00. The van der Waals surface area contributed by atoms with E-state index < -0.39 is 0 Å². The lowest BCUT2D eigenvalue weighted by molar-refractivity contribution is -0.178. The van der Waals surface area contributed by atoms with Crippen LogP contribution in [0.3, 0.4) is 0 Å². The molecule has 0 bridgehead atoms. The van der Waals surface area contributed by atoms with E-state index in [1.54, 1.807) is 7.11 Å². The normalized spacial score (nSPS) is 44.1. The van der Waals surface area contributed by atoms with Gasteiger partial charge >= 0.3 is 0 Å². The lowest BCUT2D eigenvalue weighted by Crippen LogP contribution is -2.54. The first-order valence-electron chi connectivity index (χ1n) is 5.69. The minimum atomic E-state index is -0.0509. The minimum absolute atomic E-state index is 0.0509. The largest absolute Gasteiger partial charge is 0.378 e. The Hall–Kier alpha value is -0.120. The molecule has 1 heterocycles. The maximum atomic E-state index is 6.02. The molecule has 0 aromatic heterocycles. The van der Waals surface area contributed by atoms with Crippen LogP contribution in [-0.4, -0.2) is 31.5 Å². The van der Waals surface area contributed by atoms with E-state index in [-0.39, 0.29) is 11.7 Å². The molecule has 1 saturated carbocycles. The molecule has 14 heavy (non-hydrogen) atoms. The van der Waals surface area contributed by atoms with E-state index >= 15 is 0 Å². The van der Waals surface area contributed by atoms with E-state index in [2.05, 4.69) is 0 Å². The Morgan fingerprint density at radius 2 is 2.21 bits per heavy atom. The number of methoxy groups -OCH3 is 1. The zero-order valence-corrected chi connectivity index (χ0v) is 9.00. The molecule has 3 heteroatoms. The van der Waals surface area contributed by atoms with Crippen LogP contribution in [0.25, 0.3) is 0 Å². The molecule has 3 unspecified atom stereocenters. The van der Waals surface area contributed by atoms with Crippen molar-refractivity contribution in [3.05, 3.63) is 0 Å². The summed E-state index contributed by atoms with van der Waals surface area (Å²) < 4.78 is 11.5. The summed E-state index contributed by atoms with van der Waals surface area (Å²) in [5.74, 6) is 0. The second kappa shape index (κ2) is 4.17. The first-order valence-corrected chi connectivity index (χ1v) is 5.69. The highest BCUT2D eigenvalue weighted by molar-refractivity contribution is 4.97. The van der Waals surface area contributed by atoms with Crippen molar-refractivity contribution >= 4 is 0 Å². The minimum Gasteiger partial charge on any atom is -0.378 e. The van der Waals surface area contributed by atoms with Crippen molar-refractivity contribution in [2.75, 3.05) is 13.7 Å². The fourth-order valence-electron chi connectivity index (χ4n) is 2.93. The van der Waals surface area contributed by atoms with Gasteiger partial charge in [0.25, 0.3) is 0 Å². The predicted molar refractivity (Wildman–Crippen MR) is 55.2 cm³/mol. The van der Waals surface area contributed by atoms with Gasteiger partial charge in [-0.2, -0.15) is 0 Å². The molecule has 2 N–H and O–H groups in total. The quantitative estimate of drug-likeness (QED) is 0.695. The van der Waals surface area contributed by atoms with Gasteiger partial charge in [-0.1, -0.05) is 12.8 Å². The maximum Gasteiger partial charge on any atom is 0.0957 e. The first kappa shape index (κ1) is 10.4. The van der Waals surface area contributed by atoms with E-state index in [9.17, 15) is 0 Å². The average molecular weight is 199 g/mol. The Balaban J connectivity index is 2.09. The Morgan fingerprint density at radius 1 is 1.36 bits per heavy atom. The molecule has 1 aliphatic carbocycles. The molecule has 1 spiro atoms. The zero-order valence-electron chi connectivity index (χ0n) is 9.00. The molecule has 1 aliphatic heterocycles. The summed E-state index contributed by atoms with van der Waals surface area (Å²) >= 11 is 0. The molecule has 3 atom stereocenters. The Kier molecular flexibility index (Phi) is 3.10. The summed E-state index contributed by atoms with van der Waals surface area (Å²) in [5, 5.41) is 0. The Morgan fingerprint density at radius 3 is 2.93 bits per heavy atom. The molecule has 2 aliphatic rings. The summed E-state index contributed by atoms with van der Waals surface area (Å²) in [7, 11) is 1.79. The van der Waals surface area contributed by atoms with Gasteiger partial charge < -0.3 is 15.2 Å². The summed E-state index contributed by atoms with van der Waals surface area (Å²) in [5.41, 5.74) is 5.97. The average Bonchev–Trinajstić information content (AvgIpc) is 2.18. The van der Waals surface area contributed by atoms with E-state index in [4.69, 9.17) is 15.2 Å². The van der Waals surface area contributed by atoms with Crippen molar-refractivity contribution in [3.63, 3.8) is 0 Å². The van der Waals surface area contributed by atoms with Crippen LogP contribution in [0.1, 0.15) is 38.5 Å². The third-order valence-corrected chi connectivity index (χ3v) is 3.67. The third kappa shape index (κ3) is 1.81. The SMILES string of the molecule is COC1CCCCC12CC(N)CCO2. The van der Waals surface area contributed by atoms with Crippen LogP contribution in [0.2, 0.25) is 0 Å². The van der Waals surface area contributed by atoms with E-state index in [1.165, 1.54) is 12.8 Å².